The lowest BCUT2D eigenvalue weighted by molar-refractivity contribution is 0.242. The molecule has 146 valence electrons. The molecule has 26 heavy (non-hydrogen) atoms. The first kappa shape index (κ1) is 21.3. The third kappa shape index (κ3) is 6.30. The highest BCUT2D eigenvalue weighted by molar-refractivity contribution is 14.0. The topological polar surface area (TPSA) is 48.9 Å². The van der Waals surface area contributed by atoms with E-state index in [2.05, 4.69) is 39.6 Å². The van der Waals surface area contributed by atoms with Crippen molar-refractivity contribution in [1.29, 1.82) is 0 Å². The average molecular weight is 472 g/mol. The van der Waals surface area contributed by atoms with Gasteiger partial charge in [0.1, 0.15) is 12.4 Å². The quantitative estimate of drug-likeness (QED) is 0.289. The molecular formula is C20H33IN4O. The summed E-state index contributed by atoms with van der Waals surface area (Å²) >= 11 is 0. The lowest BCUT2D eigenvalue weighted by Crippen LogP contribution is -2.46. The lowest BCUT2D eigenvalue weighted by Gasteiger charge is -2.24. The first-order valence-corrected chi connectivity index (χ1v) is 9.65. The van der Waals surface area contributed by atoms with Crippen molar-refractivity contribution in [3.8, 4) is 5.75 Å². The van der Waals surface area contributed by atoms with E-state index in [0.29, 0.717) is 12.6 Å². The fraction of sp³-hybridized carbons (Fsp3) is 0.650. The van der Waals surface area contributed by atoms with Crippen molar-refractivity contribution in [1.82, 2.24) is 15.5 Å². The van der Waals surface area contributed by atoms with Crippen LogP contribution in [0.3, 0.4) is 0 Å². The Bertz CT molecular complexity index is 575. The van der Waals surface area contributed by atoms with Gasteiger partial charge in [-0.3, -0.25) is 9.89 Å². The molecule has 1 unspecified atom stereocenters. The van der Waals surface area contributed by atoms with Gasteiger partial charge in [-0.25, -0.2) is 0 Å². The maximum atomic E-state index is 5.78. The smallest absolute Gasteiger partial charge is 0.191 e. The molecule has 3 rings (SSSR count). The first-order chi connectivity index (χ1) is 12.2. The standard InChI is InChI=1S/C20H32N4O.HI/c1-16-6-5-9-19(14-16)25-13-11-22-20(21-2)23-17-10-12-24(15-17)18-7-3-4-8-18;/h5-6,9,14,17-18H,3-4,7-8,10-13,15H2,1-2H3,(H2,21,22,23);1H. The summed E-state index contributed by atoms with van der Waals surface area (Å²) in [6, 6.07) is 9.48. The Hall–Kier alpha value is -1.02. The molecule has 1 atom stereocenters. The molecule has 2 aliphatic rings. The van der Waals surface area contributed by atoms with Crippen LogP contribution in [0.5, 0.6) is 5.75 Å². The van der Waals surface area contributed by atoms with Crippen LogP contribution >= 0.6 is 24.0 Å². The van der Waals surface area contributed by atoms with E-state index in [9.17, 15) is 0 Å². The van der Waals surface area contributed by atoms with Gasteiger partial charge in [-0.2, -0.15) is 0 Å². The summed E-state index contributed by atoms with van der Waals surface area (Å²) in [4.78, 5) is 7.02. The van der Waals surface area contributed by atoms with Crippen molar-refractivity contribution in [2.75, 3.05) is 33.3 Å². The number of halogens is 1. The second-order valence-electron chi connectivity index (χ2n) is 7.23. The van der Waals surface area contributed by atoms with Crippen molar-refractivity contribution in [3.05, 3.63) is 29.8 Å². The van der Waals surface area contributed by atoms with Crippen molar-refractivity contribution in [3.63, 3.8) is 0 Å². The van der Waals surface area contributed by atoms with Crippen LogP contribution in [0.2, 0.25) is 0 Å². The largest absolute Gasteiger partial charge is 0.492 e. The van der Waals surface area contributed by atoms with E-state index in [-0.39, 0.29) is 24.0 Å². The summed E-state index contributed by atoms with van der Waals surface area (Å²) in [6.07, 6.45) is 6.79. The van der Waals surface area contributed by atoms with Crippen LogP contribution in [-0.4, -0.2) is 56.2 Å². The van der Waals surface area contributed by atoms with E-state index in [1.54, 1.807) is 0 Å². The van der Waals surface area contributed by atoms with Crippen LogP contribution < -0.4 is 15.4 Å². The number of hydrogen-bond donors (Lipinski definition) is 2. The second kappa shape index (κ2) is 11.0. The fourth-order valence-corrected chi connectivity index (χ4v) is 3.94. The molecule has 1 aliphatic carbocycles. The van der Waals surface area contributed by atoms with E-state index in [1.807, 2.05) is 19.2 Å². The molecule has 0 radical (unpaired) electrons. The van der Waals surface area contributed by atoms with E-state index < -0.39 is 0 Å². The monoisotopic (exact) mass is 472 g/mol. The predicted octanol–water partition coefficient (Wildman–Crippen LogP) is 3.17. The van der Waals surface area contributed by atoms with Crippen molar-refractivity contribution in [2.24, 2.45) is 4.99 Å². The van der Waals surface area contributed by atoms with Crippen LogP contribution in [-0.2, 0) is 0 Å². The first-order valence-electron chi connectivity index (χ1n) is 9.65. The number of benzene rings is 1. The number of likely N-dealkylation sites (tertiary alicyclic amines) is 1. The molecule has 0 bridgehead atoms. The normalized spacial score (nSPS) is 21.5. The van der Waals surface area contributed by atoms with E-state index >= 15 is 0 Å². The van der Waals surface area contributed by atoms with Gasteiger partial charge in [0.05, 0.1) is 6.54 Å². The number of aliphatic imine (C=N–C) groups is 1. The Kier molecular flexibility index (Phi) is 8.98. The van der Waals surface area contributed by atoms with Gasteiger partial charge in [0, 0.05) is 32.2 Å². The van der Waals surface area contributed by atoms with Crippen LogP contribution in [0, 0.1) is 6.92 Å². The molecule has 0 amide bonds. The lowest BCUT2D eigenvalue weighted by atomic mass is 10.2. The summed E-state index contributed by atoms with van der Waals surface area (Å²) in [5.41, 5.74) is 1.22. The molecular weight excluding hydrogens is 439 g/mol. The molecule has 1 saturated carbocycles. The zero-order valence-corrected chi connectivity index (χ0v) is 18.4. The molecule has 1 aromatic rings. The number of nitrogens with one attached hydrogen (secondary N) is 2. The highest BCUT2D eigenvalue weighted by atomic mass is 127. The summed E-state index contributed by atoms with van der Waals surface area (Å²) < 4.78 is 5.78. The zero-order valence-electron chi connectivity index (χ0n) is 16.0. The molecule has 2 fully saturated rings. The Morgan fingerprint density at radius 1 is 1.27 bits per heavy atom. The van der Waals surface area contributed by atoms with Crippen molar-refractivity contribution in [2.45, 2.75) is 51.1 Å². The zero-order chi connectivity index (χ0) is 17.5. The fourth-order valence-electron chi connectivity index (χ4n) is 3.94. The molecule has 5 nitrogen and oxygen atoms in total. The predicted molar refractivity (Wildman–Crippen MR) is 119 cm³/mol. The molecule has 2 N–H and O–H groups in total. The van der Waals surface area contributed by atoms with E-state index in [0.717, 1.165) is 30.8 Å². The van der Waals surface area contributed by atoms with Gasteiger partial charge in [0.25, 0.3) is 0 Å². The van der Waals surface area contributed by atoms with Gasteiger partial charge in [-0.1, -0.05) is 25.0 Å². The van der Waals surface area contributed by atoms with Gasteiger partial charge in [0.15, 0.2) is 5.96 Å². The molecule has 1 aromatic carbocycles. The molecule has 6 heteroatoms. The number of hydrogen-bond acceptors (Lipinski definition) is 3. The highest BCUT2D eigenvalue weighted by Crippen LogP contribution is 2.26. The summed E-state index contributed by atoms with van der Waals surface area (Å²) in [6.45, 7) is 5.81. The van der Waals surface area contributed by atoms with E-state index in [1.165, 1.54) is 44.2 Å². The third-order valence-corrected chi connectivity index (χ3v) is 5.28. The number of rotatable bonds is 6. The summed E-state index contributed by atoms with van der Waals surface area (Å²) in [7, 11) is 1.83. The maximum absolute atomic E-state index is 5.78. The summed E-state index contributed by atoms with van der Waals surface area (Å²) in [5.74, 6) is 1.80. The van der Waals surface area contributed by atoms with Crippen LogP contribution in [0.1, 0.15) is 37.7 Å². The number of guanidine groups is 1. The highest BCUT2D eigenvalue weighted by Gasteiger charge is 2.30. The van der Waals surface area contributed by atoms with Crippen LogP contribution in [0.25, 0.3) is 0 Å². The second-order valence-corrected chi connectivity index (χ2v) is 7.23. The molecule has 0 aromatic heterocycles. The average Bonchev–Trinajstić information content (AvgIpc) is 3.29. The SMILES string of the molecule is CN=C(NCCOc1cccc(C)c1)NC1CCN(C2CCCC2)C1.I. The summed E-state index contributed by atoms with van der Waals surface area (Å²) in [5, 5.41) is 6.93. The Morgan fingerprint density at radius 2 is 2.08 bits per heavy atom. The number of ether oxygens (including phenoxy) is 1. The molecule has 1 heterocycles. The molecule has 0 spiro atoms. The minimum Gasteiger partial charge on any atom is -0.492 e. The van der Waals surface area contributed by atoms with Gasteiger partial charge < -0.3 is 15.4 Å². The van der Waals surface area contributed by atoms with Crippen LogP contribution in [0.4, 0.5) is 0 Å². The van der Waals surface area contributed by atoms with Crippen LogP contribution in [0.15, 0.2) is 29.3 Å². The maximum Gasteiger partial charge on any atom is 0.191 e. The van der Waals surface area contributed by atoms with Gasteiger partial charge in [-0.15, -0.1) is 24.0 Å². The Morgan fingerprint density at radius 3 is 2.81 bits per heavy atom. The van der Waals surface area contributed by atoms with Gasteiger partial charge >= 0.3 is 0 Å². The van der Waals surface area contributed by atoms with E-state index in [4.69, 9.17) is 4.74 Å². The molecule has 1 aliphatic heterocycles. The number of aryl methyl sites for hydroxylation is 1. The van der Waals surface area contributed by atoms with Gasteiger partial charge in [0.2, 0.25) is 0 Å². The Balaban J connectivity index is 0.00000243. The van der Waals surface area contributed by atoms with Gasteiger partial charge in [-0.05, 0) is 43.9 Å². The molecule has 1 saturated heterocycles. The van der Waals surface area contributed by atoms with Crippen molar-refractivity contribution >= 4 is 29.9 Å². The Labute approximate surface area is 175 Å². The van der Waals surface area contributed by atoms with Crippen molar-refractivity contribution < 1.29 is 4.74 Å². The minimum absolute atomic E-state index is 0. The third-order valence-electron chi connectivity index (χ3n) is 5.28. The minimum atomic E-state index is 0. The number of nitrogens with zero attached hydrogens (tertiary/aromatic N) is 2.